The number of rotatable bonds is 15. The number of carbonyl (C=O) groups excluding carboxylic acids is 3. The smallest absolute Gasteiger partial charge is 0.411 e. The molecule has 0 unspecified atom stereocenters. The van der Waals surface area contributed by atoms with Gasteiger partial charge in [0, 0.05) is 48.9 Å². The first-order chi connectivity index (χ1) is 22.3. The Morgan fingerprint density at radius 2 is 1.43 bits per heavy atom. The van der Waals surface area contributed by atoms with E-state index in [1.54, 1.807) is 24.0 Å². The van der Waals surface area contributed by atoms with Gasteiger partial charge in [-0.3, -0.25) is 14.9 Å². The molecule has 0 aromatic heterocycles. The summed E-state index contributed by atoms with van der Waals surface area (Å²) in [6.45, 7) is 5.68. The Morgan fingerprint density at radius 3 is 2.00 bits per heavy atom. The first-order valence-electron chi connectivity index (χ1n) is 15.3. The fraction of sp³-hybridized carbons (Fsp3) is 0.382. The lowest BCUT2D eigenvalue weighted by molar-refractivity contribution is 0.0513. The molecule has 0 spiro atoms. The molecule has 13 heteroatoms. The number of hydrogen-bond acceptors (Lipinski definition) is 6. The number of aryl methyl sites for hydroxylation is 1. The van der Waals surface area contributed by atoms with Gasteiger partial charge in [-0.25, -0.2) is 22.4 Å². The van der Waals surface area contributed by atoms with Gasteiger partial charge < -0.3 is 25.4 Å². The van der Waals surface area contributed by atoms with Crippen molar-refractivity contribution in [2.45, 2.75) is 52.2 Å². The average Bonchev–Trinajstić information content (AvgIpc) is 3.00. The lowest BCUT2D eigenvalue weighted by Gasteiger charge is -2.28. The van der Waals surface area contributed by atoms with Gasteiger partial charge in [-0.15, -0.1) is 0 Å². The summed E-state index contributed by atoms with van der Waals surface area (Å²) in [5, 5.41) is 13.1. The van der Waals surface area contributed by atoms with Crippen LogP contribution in [-0.2, 0) is 11.2 Å². The molecule has 3 rings (SSSR count). The van der Waals surface area contributed by atoms with Gasteiger partial charge in [0.05, 0.1) is 18.3 Å². The molecule has 0 radical (unpaired) electrons. The Kier molecular flexibility index (Phi) is 13.7. The van der Waals surface area contributed by atoms with Gasteiger partial charge in [0.2, 0.25) is 0 Å². The molecule has 0 saturated heterocycles. The van der Waals surface area contributed by atoms with Crippen LogP contribution < -0.4 is 11.1 Å². The lowest BCUT2D eigenvalue weighted by atomic mass is 10.0. The van der Waals surface area contributed by atoms with E-state index < -0.39 is 54.0 Å². The van der Waals surface area contributed by atoms with Crippen LogP contribution in [0.25, 0.3) is 0 Å². The van der Waals surface area contributed by atoms with E-state index in [2.05, 4.69) is 5.32 Å². The van der Waals surface area contributed by atoms with E-state index in [-0.39, 0.29) is 42.2 Å². The number of aliphatic hydroxyl groups excluding tert-OH is 1. The molecule has 0 fully saturated rings. The first-order valence-corrected chi connectivity index (χ1v) is 15.3. The number of ether oxygens (including phenoxy) is 1. The van der Waals surface area contributed by atoms with E-state index in [4.69, 9.17) is 10.5 Å². The Labute approximate surface area is 271 Å². The van der Waals surface area contributed by atoms with Gasteiger partial charge in [-0.1, -0.05) is 13.8 Å². The van der Waals surface area contributed by atoms with Crippen LogP contribution in [0, 0.1) is 30.2 Å². The number of halogens is 4. The summed E-state index contributed by atoms with van der Waals surface area (Å²) < 4.78 is 59.7. The fourth-order valence-electron chi connectivity index (χ4n) is 5.01. The van der Waals surface area contributed by atoms with Crippen molar-refractivity contribution in [2.75, 3.05) is 38.1 Å². The molecular weight excluding hydrogens is 620 g/mol. The van der Waals surface area contributed by atoms with Crippen molar-refractivity contribution < 1.29 is 41.8 Å². The third-order valence-corrected chi connectivity index (χ3v) is 7.19. The van der Waals surface area contributed by atoms with Crippen LogP contribution in [0.15, 0.2) is 54.6 Å². The number of nitrogens with zero attached hydrogens (tertiary/aromatic N) is 2. The molecule has 3 amide bonds. The van der Waals surface area contributed by atoms with Gasteiger partial charge in [-0.05, 0) is 79.8 Å². The molecule has 0 heterocycles. The van der Waals surface area contributed by atoms with Crippen LogP contribution in [0.5, 0.6) is 0 Å². The molecule has 0 aliphatic rings. The van der Waals surface area contributed by atoms with E-state index in [0.29, 0.717) is 36.3 Å². The maximum atomic E-state index is 14.0. The van der Waals surface area contributed by atoms with Crippen molar-refractivity contribution in [3.05, 3.63) is 100 Å². The van der Waals surface area contributed by atoms with Crippen LogP contribution in [-0.4, -0.2) is 77.7 Å². The molecule has 3 aromatic carbocycles. The van der Waals surface area contributed by atoms with Crippen molar-refractivity contribution in [2.24, 2.45) is 5.73 Å². The van der Waals surface area contributed by atoms with E-state index >= 15 is 0 Å². The lowest BCUT2D eigenvalue weighted by Crippen LogP contribution is -2.47. The van der Waals surface area contributed by atoms with Crippen molar-refractivity contribution in [3.63, 3.8) is 0 Å². The Bertz CT molecular complexity index is 1530. The predicted octanol–water partition coefficient (Wildman–Crippen LogP) is 5.44. The summed E-state index contributed by atoms with van der Waals surface area (Å²) in [6, 6.07) is 9.07. The molecule has 9 nitrogen and oxygen atoms in total. The summed E-state index contributed by atoms with van der Waals surface area (Å²) in [5.41, 5.74) is 7.11. The molecule has 47 heavy (non-hydrogen) atoms. The SMILES string of the molecule is CCCN(CCC)C(=O)c1cc(C)cc(C(=O)N(CCOC(=O)Nc2ccc(F)cc2F)C[C@@H](O)[C@@H](N)Cc2cc(F)cc(F)c2)c1. The highest BCUT2D eigenvalue weighted by Gasteiger charge is 2.26. The van der Waals surface area contributed by atoms with Crippen LogP contribution in [0.4, 0.5) is 28.0 Å². The van der Waals surface area contributed by atoms with Crippen LogP contribution in [0.3, 0.4) is 0 Å². The molecule has 2 atom stereocenters. The normalized spacial score (nSPS) is 12.3. The minimum Gasteiger partial charge on any atom is -0.447 e. The molecule has 0 saturated carbocycles. The van der Waals surface area contributed by atoms with E-state index in [1.807, 2.05) is 13.8 Å². The second-order valence-electron chi connectivity index (χ2n) is 11.2. The van der Waals surface area contributed by atoms with Gasteiger partial charge >= 0.3 is 6.09 Å². The van der Waals surface area contributed by atoms with Crippen molar-refractivity contribution in [3.8, 4) is 0 Å². The van der Waals surface area contributed by atoms with Gasteiger partial charge in [-0.2, -0.15) is 0 Å². The monoisotopic (exact) mass is 660 g/mol. The Balaban J connectivity index is 1.81. The molecule has 3 aromatic rings. The summed E-state index contributed by atoms with van der Waals surface area (Å²) in [5.74, 6) is -4.33. The van der Waals surface area contributed by atoms with Crippen molar-refractivity contribution in [1.82, 2.24) is 9.80 Å². The maximum absolute atomic E-state index is 14.0. The second kappa shape index (κ2) is 17.4. The zero-order valence-corrected chi connectivity index (χ0v) is 26.6. The number of nitrogens with two attached hydrogens (primary N) is 1. The highest BCUT2D eigenvalue weighted by molar-refractivity contribution is 6.00. The number of carbonyl (C=O) groups is 3. The predicted molar refractivity (Wildman–Crippen MR) is 169 cm³/mol. The third kappa shape index (κ3) is 11.1. The van der Waals surface area contributed by atoms with Crippen LogP contribution >= 0.6 is 0 Å². The highest BCUT2D eigenvalue weighted by Crippen LogP contribution is 2.18. The number of hydrogen-bond donors (Lipinski definition) is 3. The zero-order chi connectivity index (χ0) is 34.7. The number of nitrogens with one attached hydrogen (secondary N) is 1. The van der Waals surface area contributed by atoms with Gasteiger partial charge in [0.25, 0.3) is 11.8 Å². The summed E-state index contributed by atoms with van der Waals surface area (Å²) in [4.78, 5) is 42.4. The van der Waals surface area contributed by atoms with Crippen molar-refractivity contribution >= 4 is 23.6 Å². The average molecular weight is 661 g/mol. The van der Waals surface area contributed by atoms with Crippen LogP contribution in [0.1, 0.15) is 58.5 Å². The molecule has 0 aliphatic heterocycles. The van der Waals surface area contributed by atoms with Crippen molar-refractivity contribution in [1.29, 1.82) is 0 Å². The maximum Gasteiger partial charge on any atom is 0.411 e. The first kappa shape index (κ1) is 37.0. The minimum atomic E-state index is -1.39. The molecule has 254 valence electrons. The number of aliphatic hydroxyl groups is 1. The summed E-state index contributed by atoms with van der Waals surface area (Å²) in [7, 11) is 0. The molecule has 4 N–H and O–H groups in total. The van der Waals surface area contributed by atoms with Gasteiger partial charge in [0.1, 0.15) is 29.9 Å². The van der Waals surface area contributed by atoms with E-state index in [1.165, 1.54) is 11.0 Å². The third-order valence-electron chi connectivity index (χ3n) is 7.19. The van der Waals surface area contributed by atoms with E-state index in [0.717, 1.165) is 37.1 Å². The topological polar surface area (TPSA) is 125 Å². The number of anilines is 1. The zero-order valence-electron chi connectivity index (χ0n) is 26.6. The molecule has 0 bridgehead atoms. The number of benzene rings is 3. The highest BCUT2D eigenvalue weighted by atomic mass is 19.1. The summed E-state index contributed by atoms with van der Waals surface area (Å²) >= 11 is 0. The number of amides is 3. The quantitative estimate of drug-likeness (QED) is 0.187. The fourth-order valence-corrected chi connectivity index (χ4v) is 5.01. The summed E-state index contributed by atoms with van der Waals surface area (Å²) in [6.07, 6.45) is -1.09. The largest absolute Gasteiger partial charge is 0.447 e. The Morgan fingerprint density at radius 1 is 0.830 bits per heavy atom. The molecular formula is C34H40F4N4O5. The second-order valence-corrected chi connectivity index (χ2v) is 11.2. The molecule has 0 aliphatic carbocycles. The van der Waals surface area contributed by atoms with E-state index in [9.17, 15) is 37.1 Å². The van der Waals surface area contributed by atoms with Crippen LogP contribution in [0.2, 0.25) is 0 Å². The Hall–Kier alpha value is -4.49. The minimum absolute atomic E-state index is 0.117. The standard InChI is InChI=1S/C34H40F4N4O5/c1-4-8-41(9-5-2)32(44)23-12-21(3)13-24(17-23)33(45)42(10-11-47-34(46)40-30-7-6-25(35)19-28(30)38)20-31(43)29(39)16-22-14-26(36)18-27(37)15-22/h6-7,12-15,17-19,29,31,43H,4-5,8-11,16,20,39H2,1-3H3,(H,40,46)/t29-,31+/m0/s1. The van der Waals surface area contributed by atoms with Gasteiger partial charge in [0.15, 0.2) is 0 Å².